The highest BCUT2D eigenvalue weighted by Gasteiger charge is 2.37. The van der Waals surface area contributed by atoms with Crippen LogP contribution in [0.3, 0.4) is 0 Å². The fourth-order valence-corrected chi connectivity index (χ4v) is 11.3. The Bertz CT molecular complexity index is 968. The van der Waals surface area contributed by atoms with Gasteiger partial charge < -0.3 is 42.1 Å². The summed E-state index contributed by atoms with van der Waals surface area (Å²) in [6.45, 7) is 1.89. The molecule has 4 aliphatic carbocycles. The Morgan fingerprint density at radius 2 is 0.963 bits per heavy atom. The molecule has 0 heterocycles. The third-order valence-electron chi connectivity index (χ3n) is 11.6. The molecule has 54 heavy (non-hydrogen) atoms. The maximum Gasteiger partial charge on any atom is 0.500 e. The van der Waals surface area contributed by atoms with Crippen molar-refractivity contribution in [3.63, 3.8) is 0 Å². The van der Waals surface area contributed by atoms with E-state index in [1.807, 2.05) is 7.05 Å². The van der Waals surface area contributed by atoms with E-state index in [4.69, 9.17) is 31.5 Å². The molecular weight excluding hydrogens is 717 g/mol. The van der Waals surface area contributed by atoms with Crippen LogP contribution in [0.4, 0.5) is 0 Å². The van der Waals surface area contributed by atoms with Gasteiger partial charge >= 0.3 is 17.6 Å². The average Bonchev–Trinajstić information content (AvgIpc) is 3.23. The number of hydrogen-bond donors (Lipinski definition) is 2. The van der Waals surface area contributed by atoms with Gasteiger partial charge in [0.1, 0.15) is 0 Å². The Labute approximate surface area is 333 Å². The number of aliphatic imine (C=N–C) groups is 3. The van der Waals surface area contributed by atoms with Crippen LogP contribution in [0, 0.1) is 0 Å². The minimum Gasteiger partial charge on any atom is -0.377 e. The van der Waals surface area contributed by atoms with Gasteiger partial charge in [0.25, 0.3) is 0 Å². The van der Waals surface area contributed by atoms with Crippen molar-refractivity contribution in [3.05, 3.63) is 0 Å². The van der Waals surface area contributed by atoms with Crippen LogP contribution in [-0.4, -0.2) is 128 Å². The van der Waals surface area contributed by atoms with E-state index in [2.05, 4.69) is 38.6 Å². The van der Waals surface area contributed by atoms with Gasteiger partial charge in [-0.15, -0.1) is 0 Å². The number of hydrogen-bond acceptors (Lipinski definition) is 10. The van der Waals surface area contributed by atoms with Crippen LogP contribution in [0.15, 0.2) is 15.0 Å². The smallest absolute Gasteiger partial charge is 0.377 e. The Balaban J connectivity index is 0.000000313. The summed E-state index contributed by atoms with van der Waals surface area (Å²) in [5.74, 6) is 1.09. The number of rotatable bonds is 18. The van der Waals surface area contributed by atoms with Gasteiger partial charge in [-0.25, -0.2) is 15.0 Å². The van der Waals surface area contributed by atoms with Crippen molar-refractivity contribution < 1.29 is 26.6 Å². The number of guanidine groups is 1. The van der Waals surface area contributed by atoms with Crippen LogP contribution < -0.4 is 10.6 Å². The molecule has 12 nitrogen and oxygen atoms in total. The van der Waals surface area contributed by atoms with Gasteiger partial charge in [0, 0.05) is 74.4 Å². The second-order valence-electron chi connectivity index (χ2n) is 15.5. The van der Waals surface area contributed by atoms with E-state index in [0.717, 1.165) is 44.0 Å². The van der Waals surface area contributed by atoms with Gasteiger partial charge in [-0.3, -0.25) is 0 Å². The lowest BCUT2D eigenvalue weighted by molar-refractivity contribution is 0.122. The zero-order valence-corrected chi connectivity index (χ0v) is 37.9. The molecule has 0 saturated heterocycles. The van der Waals surface area contributed by atoms with Crippen LogP contribution in [0.2, 0.25) is 12.1 Å². The van der Waals surface area contributed by atoms with E-state index in [9.17, 15) is 0 Å². The van der Waals surface area contributed by atoms with Crippen LogP contribution in [0.1, 0.15) is 141 Å². The maximum absolute atomic E-state index is 5.55. The molecule has 0 aromatic heterocycles. The molecule has 0 bridgehead atoms. The van der Waals surface area contributed by atoms with Crippen molar-refractivity contribution in [3.8, 4) is 0 Å². The number of nitrogens with one attached hydrogen (secondary N) is 2. The summed E-state index contributed by atoms with van der Waals surface area (Å²) in [6.07, 6.45) is 28.2. The third kappa shape index (κ3) is 19.8. The maximum atomic E-state index is 5.55. The normalized spacial score (nSPS) is 19.8. The van der Waals surface area contributed by atoms with E-state index < -0.39 is 17.6 Å². The van der Waals surface area contributed by atoms with Crippen molar-refractivity contribution in [1.29, 1.82) is 0 Å². The molecule has 316 valence electrons. The molecule has 4 rings (SSSR count). The molecule has 0 aliphatic heterocycles. The summed E-state index contributed by atoms with van der Waals surface area (Å²) in [6, 6.07) is 6.78. The minimum absolute atomic E-state index is 0.484. The molecule has 0 spiro atoms. The summed E-state index contributed by atoms with van der Waals surface area (Å²) in [5, 5.41) is 6.85. The Morgan fingerprint density at radius 1 is 0.574 bits per heavy atom. The van der Waals surface area contributed by atoms with E-state index in [1.165, 1.54) is 128 Å². The van der Waals surface area contributed by atoms with Gasteiger partial charge in [-0.1, -0.05) is 77.0 Å². The molecule has 2 N–H and O–H groups in total. The molecule has 0 aromatic carbocycles. The van der Waals surface area contributed by atoms with Crippen molar-refractivity contribution in [2.24, 2.45) is 15.0 Å². The van der Waals surface area contributed by atoms with Gasteiger partial charge in [-0.05, 0) is 77.8 Å². The lowest BCUT2D eigenvalue weighted by atomic mass is 9.95. The largest absolute Gasteiger partial charge is 0.500 e. The fourth-order valence-electron chi connectivity index (χ4n) is 7.91. The Morgan fingerprint density at radius 3 is 1.37 bits per heavy atom. The van der Waals surface area contributed by atoms with E-state index in [-0.39, 0.29) is 0 Å². The van der Waals surface area contributed by atoms with E-state index in [0.29, 0.717) is 24.2 Å². The van der Waals surface area contributed by atoms with Crippen molar-refractivity contribution in [2.75, 3.05) is 69.8 Å². The van der Waals surface area contributed by atoms with E-state index >= 15 is 0 Å². The van der Waals surface area contributed by atoms with Crippen LogP contribution in [-0.2, 0) is 26.6 Å². The molecule has 0 unspecified atom stereocenters. The summed E-state index contributed by atoms with van der Waals surface area (Å²) < 4.78 is 32.4. The predicted octanol–water partition coefficient (Wildman–Crippen LogP) is 8.10. The first-order valence-electron chi connectivity index (χ1n) is 21.5. The summed E-state index contributed by atoms with van der Waals surface area (Å²) in [7, 11) is 9.27. The zero-order valence-electron chi connectivity index (χ0n) is 35.9. The first-order valence-corrected chi connectivity index (χ1v) is 25.3. The average molecular weight is 799 g/mol. The van der Waals surface area contributed by atoms with Gasteiger partial charge in [0.05, 0.1) is 24.1 Å². The highest BCUT2D eigenvalue weighted by Crippen LogP contribution is 2.24. The molecule has 14 heteroatoms. The summed E-state index contributed by atoms with van der Waals surface area (Å²) in [5.41, 5.74) is 0. The second kappa shape index (κ2) is 30.0. The molecule has 4 saturated carbocycles. The highest BCUT2D eigenvalue weighted by molar-refractivity contribution is 6.60. The van der Waals surface area contributed by atoms with Crippen molar-refractivity contribution in [2.45, 2.75) is 178 Å². The Kier molecular flexibility index (Phi) is 27.2. The number of nitrogens with zero attached hydrogens (tertiary/aromatic N) is 4. The van der Waals surface area contributed by atoms with Crippen molar-refractivity contribution >= 4 is 29.6 Å². The zero-order chi connectivity index (χ0) is 39.3. The molecule has 4 aliphatic rings. The molecule has 0 atom stereocenters. The highest BCUT2D eigenvalue weighted by atomic mass is 28.4. The first kappa shape index (κ1) is 49.0. The van der Waals surface area contributed by atoms with Crippen LogP contribution >= 0.6 is 0 Å². The SMILES string of the molecule is C(=NC1CCCCC1)=NC1CCCCC1.CNCCC[Si](OC)(OC)OC.CO[Si](CCCN(C)C(=NC1CCCCC1)NC1CCCCC1)(OC)OC. The Hall–Kier alpha value is -1.20. The quantitative estimate of drug-likeness (QED) is 0.0614. The van der Waals surface area contributed by atoms with E-state index in [1.54, 1.807) is 42.7 Å². The van der Waals surface area contributed by atoms with Crippen molar-refractivity contribution in [1.82, 2.24) is 15.5 Å². The lowest BCUT2D eigenvalue weighted by Crippen LogP contribution is -2.47. The second-order valence-corrected chi connectivity index (χ2v) is 21.7. The van der Waals surface area contributed by atoms with Crippen LogP contribution in [0.5, 0.6) is 0 Å². The standard InChI is InChI=1S/C20H41N3O3Si.C13H22N2.C7H19NO3Si/c1-23(16-11-17-27(24-2,25-3)26-4)20(21-18-12-7-5-8-13-18)22-19-14-9-6-10-15-19;1-3-7-12(8-4-1)14-11-15-13-9-5-2-6-10-13;1-8-6-5-7-12(9-2,10-3)11-4/h18-19H,5-17H2,1-4H3,(H,21,22);12-13H,1-10H2;8H,5-7H2,1-4H3. The fraction of sp³-hybridized carbons (Fsp3) is 0.950. The topological polar surface area (TPSA) is 120 Å². The molecular formula is C40H82N6O6Si2. The van der Waals surface area contributed by atoms with Gasteiger partial charge in [-0.2, -0.15) is 0 Å². The lowest BCUT2D eigenvalue weighted by Gasteiger charge is -2.31. The van der Waals surface area contributed by atoms with Gasteiger partial charge in [0.2, 0.25) is 0 Å². The molecule has 0 aromatic rings. The van der Waals surface area contributed by atoms with Gasteiger partial charge in [0.15, 0.2) is 5.96 Å². The minimum atomic E-state index is -2.49. The molecule has 0 radical (unpaired) electrons. The monoisotopic (exact) mass is 799 g/mol. The van der Waals surface area contributed by atoms with Crippen LogP contribution in [0.25, 0.3) is 0 Å². The summed E-state index contributed by atoms with van der Waals surface area (Å²) in [4.78, 5) is 16.4. The molecule has 0 amide bonds. The third-order valence-corrected chi connectivity index (χ3v) is 17.2. The molecule has 4 fully saturated rings. The first-order chi connectivity index (χ1) is 26.3. The summed E-state index contributed by atoms with van der Waals surface area (Å²) >= 11 is 0. The predicted molar refractivity (Wildman–Crippen MR) is 227 cm³/mol.